The molecule has 1 aliphatic rings. The van der Waals surface area contributed by atoms with Gasteiger partial charge >= 0.3 is 23.9 Å². The molecule has 0 amide bonds. The molecule has 0 radical (unpaired) electrons. The number of esters is 4. The Hall–Kier alpha value is -6.04. The molecule has 0 atom stereocenters. The van der Waals surface area contributed by atoms with Crippen LogP contribution in [0.3, 0.4) is 0 Å². The van der Waals surface area contributed by atoms with Gasteiger partial charge in [-0.25, -0.2) is 19.2 Å². The van der Waals surface area contributed by atoms with E-state index in [1.807, 2.05) is 27.7 Å². The zero-order valence-corrected chi connectivity index (χ0v) is 48.8. The third-order valence-corrected chi connectivity index (χ3v) is 13.2. The molecule has 0 unspecified atom stereocenters. The molecular formula is C64H88O12. The Morgan fingerprint density at radius 1 is 0.316 bits per heavy atom. The first-order valence-electron chi connectivity index (χ1n) is 27.4. The summed E-state index contributed by atoms with van der Waals surface area (Å²) in [7, 11) is 0. The van der Waals surface area contributed by atoms with Crippen LogP contribution in [0.2, 0.25) is 0 Å². The largest absolute Gasteiger partial charge is 0.481 e. The van der Waals surface area contributed by atoms with Crippen molar-refractivity contribution in [2.45, 2.75) is 184 Å². The molecule has 76 heavy (non-hydrogen) atoms. The average Bonchev–Trinajstić information content (AvgIpc) is 3.33. The number of benzene rings is 4. The van der Waals surface area contributed by atoms with E-state index in [1.54, 1.807) is 0 Å². The van der Waals surface area contributed by atoms with Crippen molar-refractivity contribution >= 4 is 23.9 Å². The van der Waals surface area contributed by atoms with Crippen molar-refractivity contribution in [1.82, 2.24) is 0 Å². The summed E-state index contributed by atoms with van der Waals surface area (Å²) in [6.45, 7) is 33.4. The van der Waals surface area contributed by atoms with Crippen molar-refractivity contribution in [3.05, 3.63) is 115 Å². The van der Waals surface area contributed by atoms with Crippen LogP contribution in [-0.4, -0.2) is 76.7 Å². The Morgan fingerprint density at radius 2 is 0.474 bits per heavy atom. The lowest BCUT2D eigenvalue weighted by atomic mass is 9.79. The van der Waals surface area contributed by atoms with Gasteiger partial charge in [0, 0.05) is 25.7 Å². The molecule has 4 aromatic rings. The summed E-state index contributed by atoms with van der Waals surface area (Å²) in [5.41, 5.74) is 9.02. The Morgan fingerprint density at radius 3 is 0.605 bits per heavy atom. The quantitative estimate of drug-likeness (QED) is 0.0541. The van der Waals surface area contributed by atoms with Crippen LogP contribution in [0.5, 0.6) is 23.0 Å². The minimum absolute atomic E-state index is 0.257. The van der Waals surface area contributed by atoms with Gasteiger partial charge in [-0.3, -0.25) is 0 Å². The third-order valence-electron chi connectivity index (χ3n) is 13.2. The van der Waals surface area contributed by atoms with E-state index in [0.29, 0.717) is 48.7 Å². The van der Waals surface area contributed by atoms with Gasteiger partial charge < -0.3 is 37.9 Å². The predicted molar refractivity (Wildman–Crippen MR) is 299 cm³/mol. The highest BCUT2D eigenvalue weighted by molar-refractivity contribution is 5.73. The second kappa shape index (κ2) is 26.3. The molecular weight excluding hydrogens is 961 g/mol. The number of fused-ring (bicyclic) bond motifs is 8. The first kappa shape index (κ1) is 60.8. The van der Waals surface area contributed by atoms with Crippen LogP contribution >= 0.6 is 0 Å². The highest BCUT2D eigenvalue weighted by Gasteiger charge is 2.30. The molecule has 0 spiro atoms. The van der Waals surface area contributed by atoms with Crippen LogP contribution < -0.4 is 18.9 Å². The van der Waals surface area contributed by atoms with E-state index >= 15 is 0 Å². The van der Waals surface area contributed by atoms with Gasteiger partial charge in [0.25, 0.3) is 0 Å². The predicted octanol–water partition coefficient (Wildman–Crippen LogP) is 12.9. The Bertz CT molecular complexity index is 2210. The van der Waals surface area contributed by atoms with Gasteiger partial charge in [-0.15, -0.1) is 0 Å². The molecule has 1 aliphatic carbocycles. The maximum Gasteiger partial charge on any atom is 0.344 e. The van der Waals surface area contributed by atoms with E-state index in [0.717, 1.165) is 66.8 Å². The van der Waals surface area contributed by atoms with Gasteiger partial charge in [0.15, 0.2) is 26.4 Å². The van der Waals surface area contributed by atoms with Gasteiger partial charge in [0.2, 0.25) is 0 Å². The SMILES string of the molecule is CCCOC(=O)COc1c2cc(C(C)(C)C)cc1Cc1cc(C(C)(C)C)cc(c1OCC(=O)OCCC)Cc1cc(C(C)(C)C)cc(c1OCC(=O)OCCC)Cc1cc(C(C)(C)C)cc(c1OCC(=O)OCCC)C2. The first-order chi connectivity index (χ1) is 35.7. The molecule has 0 heterocycles. The van der Waals surface area contributed by atoms with Crippen LogP contribution in [0.15, 0.2) is 48.5 Å². The molecule has 0 saturated heterocycles. The van der Waals surface area contributed by atoms with Crippen molar-refractivity contribution in [3.8, 4) is 23.0 Å². The third kappa shape index (κ3) is 17.0. The van der Waals surface area contributed by atoms with Crippen LogP contribution in [0.4, 0.5) is 0 Å². The molecule has 0 N–H and O–H groups in total. The smallest absolute Gasteiger partial charge is 0.344 e. The van der Waals surface area contributed by atoms with E-state index in [-0.39, 0.29) is 100 Å². The zero-order valence-electron chi connectivity index (χ0n) is 48.8. The molecule has 416 valence electrons. The number of carbonyl (C=O) groups is 4. The fourth-order valence-electron chi connectivity index (χ4n) is 8.92. The van der Waals surface area contributed by atoms with Crippen LogP contribution in [0.25, 0.3) is 0 Å². The summed E-state index contributed by atoms with van der Waals surface area (Å²) in [6, 6.07) is 17.1. The number of hydrogen-bond donors (Lipinski definition) is 0. The maximum absolute atomic E-state index is 13.4. The van der Waals surface area contributed by atoms with Gasteiger partial charge in [0.05, 0.1) is 26.4 Å². The second-order valence-electron chi connectivity index (χ2n) is 24.2. The molecule has 0 fully saturated rings. The summed E-state index contributed by atoms with van der Waals surface area (Å²) < 4.78 is 49.3. The van der Waals surface area contributed by atoms with Gasteiger partial charge in [-0.05, 0) is 114 Å². The molecule has 12 heteroatoms. The van der Waals surface area contributed by atoms with Crippen molar-refractivity contribution in [3.63, 3.8) is 0 Å². The fraction of sp³-hybridized carbons (Fsp3) is 0.562. The number of rotatable bonds is 20. The van der Waals surface area contributed by atoms with E-state index < -0.39 is 23.9 Å². The van der Waals surface area contributed by atoms with Crippen molar-refractivity contribution in [1.29, 1.82) is 0 Å². The summed E-state index contributed by atoms with van der Waals surface area (Å²) >= 11 is 0. The van der Waals surface area contributed by atoms with Gasteiger partial charge in [-0.1, -0.05) is 159 Å². The fourth-order valence-corrected chi connectivity index (χ4v) is 8.92. The second-order valence-corrected chi connectivity index (χ2v) is 24.2. The first-order valence-corrected chi connectivity index (χ1v) is 27.4. The normalized spacial score (nSPS) is 12.8. The molecule has 5 rings (SSSR count). The summed E-state index contributed by atoms with van der Waals surface area (Å²) in [5, 5.41) is 0. The summed E-state index contributed by atoms with van der Waals surface area (Å²) in [4.78, 5) is 53.7. The molecule has 0 aliphatic heterocycles. The highest BCUT2D eigenvalue weighted by atomic mass is 16.6. The number of ether oxygens (including phenoxy) is 8. The molecule has 0 saturated carbocycles. The average molecular weight is 1050 g/mol. The molecule has 4 aromatic carbocycles. The lowest BCUT2D eigenvalue weighted by Crippen LogP contribution is -2.21. The lowest BCUT2D eigenvalue weighted by molar-refractivity contribution is -0.146. The molecule has 8 bridgehead atoms. The highest BCUT2D eigenvalue weighted by Crippen LogP contribution is 2.44. The Labute approximate surface area is 454 Å². The number of carbonyl (C=O) groups excluding carboxylic acids is 4. The topological polar surface area (TPSA) is 142 Å². The Kier molecular flexibility index (Phi) is 21.1. The maximum atomic E-state index is 13.4. The minimum Gasteiger partial charge on any atom is -0.481 e. The van der Waals surface area contributed by atoms with E-state index in [9.17, 15) is 19.2 Å². The van der Waals surface area contributed by atoms with Gasteiger partial charge in [0.1, 0.15) is 23.0 Å². The van der Waals surface area contributed by atoms with Crippen LogP contribution in [0.1, 0.15) is 203 Å². The van der Waals surface area contributed by atoms with Crippen LogP contribution in [-0.2, 0) is 85.5 Å². The van der Waals surface area contributed by atoms with Crippen molar-refractivity contribution in [2.24, 2.45) is 0 Å². The monoisotopic (exact) mass is 1050 g/mol. The van der Waals surface area contributed by atoms with Crippen molar-refractivity contribution in [2.75, 3.05) is 52.9 Å². The summed E-state index contributed by atoms with van der Waals surface area (Å²) in [6.07, 6.45) is 3.71. The molecule has 12 nitrogen and oxygen atoms in total. The van der Waals surface area contributed by atoms with Gasteiger partial charge in [-0.2, -0.15) is 0 Å². The number of hydrogen-bond acceptors (Lipinski definition) is 12. The lowest BCUT2D eigenvalue weighted by Gasteiger charge is -2.29. The van der Waals surface area contributed by atoms with E-state index in [4.69, 9.17) is 37.9 Å². The molecule has 0 aromatic heterocycles. The zero-order chi connectivity index (χ0) is 56.2. The minimum atomic E-state index is -0.494. The van der Waals surface area contributed by atoms with Crippen LogP contribution in [0, 0.1) is 0 Å². The standard InChI is InChI=1S/C64H88O12/c1-17-21-69-53(65)37-73-57-41-25-43-31-50(62(8,9)10)33-45(58(43)74-38-54(66)70-22-18-2)27-47-35-52(64(14,15)16)36-48(60(47)76-40-56(68)72-24-20-4)28-46-34-51(63(11,12)13)32-44(59(46)75-39-55(67)71-23-19-3)26-42(57)30-49(29-41)61(5,6)7/h29-36H,17-28,37-40H2,1-16H3. The van der Waals surface area contributed by atoms with Crippen molar-refractivity contribution < 1.29 is 57.1 Å². The Balaban J connectivity index is 2.02. The van der Waals surface area contributed by atoms with E-state index in [2.05, 4.69) is 132 Å². The van der Waals surface area contributed by atoms with E-state index in [1.165, 1.54) is 0 Å². The summed E-state index contributed by atoms with van der Waals surface area (Å²) in [5.74, 6) is 0.0472.